The summed E-state index contributed by atoms with van der Waals surface area (Å²) in [6.07, 6.45) is -7.61. The van der Waals surface area contributed by atoms with Gasteiger partial charge in [-0.2, -0.15) is 65.5 Å². The van der Waals surface area contributed by atoms with Crippen molar-refractivity contribution in [2.45, 2.75) is 41.7 Å². The zero-order valence-electron chi connectivity index (χ0n) is 17.7. The van der Waals surface area contributed by atoms with Crippen molar-refractivity contribution in [1.82, 2.24) is 4.90 Å². The molecule has 0 radical (unpaired) electrons. The average molecular weight is 612 g/mol. The van der Waals surface area contributed by atoms with Crippen molar-refractivity contribution in [3.8, 4) is 5.75 Å². The standard InChI is InChI=1S/C17H14F13NO4S.ClH/c18-12(19,14(22,23)16(26,27)28)13(20,21)15(24,25)17(29,30)36(32,33)35-11-3-1-10(2-4-11)9-31-5-7-34-8-6-31;/h1-4H,5-9H2;1H. The van der Waals surface area contributed by atoms with E-state index in [2.05, 4.69) is 4.18 Å². The van der Waals surface area contributed by atoms with Crippen molar-refractivity contribution in [3.05, 3.63) is 29.8 Å². The van der Waals surface area contributed by atoms with Crippen molar-refractivity contribution >= 4 is 22.5 Å². The van der Waals surface area contributed by atoms with E-state index < -0.39 is 51.0 Å². The fourth-order valence-corrected chi connectivity index (χ4v) is 3.67. The second-order valence-electron chi connectivity index (χ2n) is 7.38. The molecular weight excluding hydrogens is 597 g/mol. The highest BCUT2D eigenvalue weighted by Crippen LogP contribution is 2.61. The first-order valence-electron chi connectivity index (χ1n) is 9.32. The van der Waals surface area contributed by atoms with Crippen LogP contribution in [0, 0.1) is 0 Å². The molecule has 1 saturated heterocycles. The Bertz CT molecular complexity index is 1030. The summed E-state index contributed by atoms with van der Waals surface area (Å²) in [7, 11) is -7.38. The van der Waals surface area contributed by atoms with Crippen LogP contribution in [0.3, 0.4) is 0 Å². The number of rotatable bonds is 9. The van der Waals surface area contributed by atoms with E-state index in [4.69, 9.17) is 4.74 Å². The average Bonchev–Trinajstić information content (AvgIpc) is 2.74. The quantitative estimate of drug-likeness (QED) is 0.279. The van der Waals surface area contributed by atoms with Gasteiger partial charge in [0.2, 0.25) is 0 Å². The van der Waals surface area contributed by atoms with Crippen LogP contribution in [0.4, 0.5) is 57.1 Å². The normalized spacial score (nSPS) is 17.3. The smallest absolute Gasteiger partial charge is 0.379 e. The molecule has 0 aliphatic carbocycles. The van der Waals surface area contributed by atoms with Crippen molar-refractivity contribution in [2.75, 3.05) is 26.3 Å². The lowest BCUT2D eigenvalue weighted by molar-refractivity contribution is -0.433. The third-order valence-corrected chi connectivity index (χ3v) is 6.15. The van der Waals surface area contributed by atoms with Gasteiger partial charge >= 0.3 is 45.2 Å². The summed E-state index contributed by atoms with van der Waals surface area (Å²) in [4.78, 5) is 1.82. The first-order valence-corrected chi connectivity index (χ1v) is 10.7. The van der Waals surface area contributed by atoms with Crippen molar-refractivity contribution in [1.29, 1.82) is 0 Å². The number of alkyl halides is 13. The van der Waals surface area contributed by atoms with E-state index in [9.17, 15) is 65.5 Å². The van der Waals surface area contributed by atoms with Gasteiger partial charge in [0.15, 0.2) is 0 Å². The SMILES string of the molecule is Cl.O=S(=O)(Oc1ccc(CN2CCOCC2)cc1)C(F)(F)C(F)(F)C(F)(F)C(F)(F)C(F)(F)C(F)(F)F. The summed E-state index contributed by atoms with van der Waals surface area (Å²) < 4.78 is 203. The summed E-state index contributed by atoms with van der Waals surface area (Å²) >= 11 is 0. The highest BCUT2D eigenvalue weighted by atomic mass is 35.5. The molecule has 0 atom stereocenters. The van der Waals surface area contributed by atoms with Gasteiger partial charge in [-0.25, -0.2) is 0 Å². The van der Waals surface area contributed by atoms with Crippen LogP contribution in [0.5, 0.6) is 5.75 Å². The molecule has 0 unspecified atom stereocenters. The third kappa shape index (κ3) is 5.68. The van der Waals surface area contributed by atoms with Gasteiger partial charge in [-0.15, -0.1) is 12.4 Å². The highest BCUT2D eigenvalue weighted by molar-refractivity contribution is 7.88. The van der Waals surface area contributed by atoms with Crippen LogP contribution >= 0.6 is 12.4 Å². The van der Waals surface area contributed by atoms with Crippen LogP contribution < -0.4 is 4.18 Å². The molecule has 1 fully saturated rings. The maximum Gasteiger partial charge on any atom is 0.460 e. The van der Waals surface area contributed by atoms with Gasteiger partial charge in [0.1, 0.15) is 5.75 Å². The molecule has 1 heterocycles. The number of hydrogen-bond donors (Lipinski definition) is 0. The summed E-state index contributed by atoms with van der Waals surface area (Å²) in [5.41, 5.74) is 0.388. The molecule has 2 rings (SSSR count). The van der Waals surface area contributed by atoms with E-state index >= 15 is 0 Å². The topological polar surface area (TPSA) is 55.8 Å². The minimum Gasteiger partial charge on any atom is -0.379 e. The Kier molecular flexibility index (Phi) is 9.40. The summed E-state index contributed by atoms with van der Waals surface area (Å²) in [5.74, 6) is -33.7. The van der Waals surface area contributed by atoms with Gasteiger partial charge in [-0.3, -0.25) is 4.90 Å². The van der Waals surface area contributed by atoms with E-state index in [1.165, 1.54) is 0 Å². The zero-order valence-corrected chi connectivity index (χ0v) is 19.3. The van der Waals surface area contributed by atoms with Crippen molar-refractivity contribution in [2.24, 2.45) is 0 Å². The van der Waals surface area contributed by atoms with E-state index in [0.29, 0.717) is 44.0 Å². The van der Waals surface area contributed by atoms with Gasteiger partial charge in [-0.1, -0.05) is 12.1 Å². The molecule has 0 amide bonds. The van der Waals surface area contributed by atoms with E-state index in [-0.39, 0.29) is 19.0 Å². The molecule has 0 aromatic heterocycles. The zero-order chi connectivity index (χ0) is 28.0. The molecule has 0 N–H and O–H groups in total. The molecule has 0 saturated carbocycles. The van der Waals surface area contributed by atoms with Crippen LogP contribution in [-0.4, -0.2) is 74.7 Å². The monoisotopic (exact) mass is 611 g/mol. The summed E-state index contributed by atoms with van der Waals surface area (Å²) in [5, 5.41) is -7.42. The molecule has 1 aliphatic rings. The number of halogens is 14. The molecule has 216 valence electrons. The predicted molar refractivity (Wildman–Crippen MR) is 100 cm³/mol. The van der Waals surface area contributed by atoms with E-state index in [1.54, 1.807) is 0 Å². The predicted octanol–water partition coefficient (Wildman–Crippen LogP) is 5.35. The molecule has 0 bridgehead atoms. The summed E-state index contributed by atoms with van der Waals surface area (Å²) in [6, 6.07) is 3.24. The van der Waals surface area contributed by atoms with Crippen molar-refractivity contribution < 1.29 is 74.4 Å². The maximum atomic E-state index is 13.9. The Balaban J connectivity index is 0.00000684. The first kappa shape index (κ1) is 33.3. The second kappa shape index (κ2) is 10.4. The lowest BCUT2D eigenvalue weighted by atomic mass is 9.98. The van der Waals surface area contributed by atoms with Crippen LogP contribution in [0.1, 0.15) is 5.56 Å². The lowest BCUT2D eigenvalue weighted by Gasteiger charge is -2.38. The number of ether oxygens (including phenoxy) is 1. The largest absolute Gasteiger partial charge is 0.460 e. The Morgan fingerprint density at radius 1 is 0.730 bits per heavy atom. The van der Waals surface area contributed by atoms with Gasteiger partial charge in [0.25, 0.3) is 0 Å². The number of morpholine rings is 1. The second-order valence-corrected chi connectivity index (χ2v) is 8.97. The number of benzene rings is 1. The third-order valence-electron chi connectivity index (χ3n) is 4.86. The lowest BCUT2D eigenvalue weighted by Crippen LogP contribution is -2.71. The minimum atomic E-state index is -8.25. The highest BCUT2D eigenvalue weighted by Gasteiger charge is 2.93. The molecule has 1 aliphatic heterocycles. The van der Waals surface area contributed by atoms with Crippen LogP contribution in [0.15, 0.2) is 24.3 Å². The molecule has 5 nitrogen and oxygen atoms in total. The fourth-order valence-electron chi connectivity index (χ4n) is 2.76. The molecule has 1 aromatic rings. The fraction of sp³-hybridized carbons (Fsp3) is 0.647. The summed E-state index contributed by atoms with van der Waals surface area (Å²) in [6.45, 7) is 1.91. The molecular formula is C17H15ClF13NO4S. The Hall–Kier alpha value is -1.73. The van der Waals surface area contributed by atoms with Gasteiger partial charge in [0, 0.05) is 19.6 Å². The number of nitrogens with zero attached hydrogens (tertiary/aromatic N) is 1. The van der Waals surface area contributed by atoms with Crippen LogP contribution in [0.25, 0.3) is 0 Å². The van der Waals surface area contributed by atoms with Gasteiger partial charge < -0.3 is 8.92 Å². The number of hydrogen-bond acceptors (Lipinski definition) is 5. The van der Waals surface area contributed by atoms with Crippen LogP contribution in [-0.2, 0) is 21.4 Å². The Morgan fingerprint density at radius 2 is 1.16 bits per heavy atom. The Morgan fingerprint density at radius 3 is 1.59 bits per heavy atom. The minimum absolute atomic E-state index is 0. The first-order chi connectivity index (χ1) is 16.0. The van der Waals surface area contributed by atoms with E-state index in [1.807, 2.05) is 4.90 Å². The molecule has 1 aromatic carbocycles. The Labute approximate surface area is 206 Å². The van der Waals surface area contributed by atoms with Gasteiger partial charge in [0.05, 0.1) is 13.2 Å². The van der Waals surface area contributed by atoms with E-state index in [0.717, 1.165) is 12.1 Å². The van der Waals surface area contributed by atoms with Crippen molar-refractivity contribution in [3.63, 3.8) is 0 Å². The van der Waals surface area contributed by atoms with Crippen LogP contribution in [0.2, 0.25) is 0 Å². The molecule has 20 heteroatoms. The van der Waals surface area contributed by atoms with Gasteiger partial charge in [-0.05, 0) is 17.7 Å². The molecule has 0 spiro atoms. The maximum absolute atomic E-state index is 13.9. The molecule has 37 heavy (non-hydrogen) atoms.